The van der Waals surface area contributed by atoms with Crippen LogP contribution >= 0.6 is 0 Å². The minimum Gasteiger partial charge on any atom is -0.497 e. The van der Waals surface area contributed by atoms with Crippen LogP contribution in [0, 0.1) is 0 Å². The predicted molar refractivity (Wildman–Crippen MR) is 221 cm³/mol. The Morgan fingerprint density at radius 2 is 0.983 bits per heavy atom. The summed E-state index contributed by atoms with van der Waals surface area (Å²) in [5, 5.41) is 10.6. The minimum absolute atomic E-state index is 0.0453. The average molecular weight is 856 g/mol. The van der Waals surface area contributed by atoms with E-state index in [1.54, 1.807) is 58.9 Å². The van der Waals surface area contributed by atoms with Gasteiger partial charge in [-0.25, -0.2) is 21.8 Å². The van der Waals surface area contributed by atoms with Crippen molar-refractivity contribution >= 4 is 20.0 Å². The largest absolute Gasteiger partial charge is 0.497 e. The topological polar surface area (TPSA) is 184 Å². The number of nitrogens with one attached hydrogen (secondary N) is 1. The first-order chi connectivity index (χ1) is 29.0. The molecule has 0 amide bonds. The molecular weight excluding hydrogens is 811 g/mol. The van der Waals surface area contributed by atoms with Crippen molar-refractivity contribution in [3.05, 3.63) is 162 Å². The summed E-state index contributed by atoms with van der Waals surface area (Å²) in [4.78, 5) is 4.05. The average Bonchev–Trinajstić information content (AvgIpc) is 4.10. The molecule has 0 bridgehead atoms. The zero-order valence-corrected chi connectivity index (χ0v) is 35.0. The second-order valence-electron chi connectivity index (χ2n) is 13.1. The van der Waals surface area contributed by atoms with Crippen LogP contribution in [0.5, 0.6) is 23.0 Å². The van der Waals surface area contributed by atoms with Crippen molar-refractivity contribution in [3.63, 3.8) is 0 Å². The van der Waals surface area contributed by atoms with Gasteiger partial charge in [-0.3, -0.25) is 9.78 Å². The molecule has 3 aromatic heterocycles. The highest BCUT2D eigenvalue weighted by molar-refractivity contribution is 7.89. The molecule has 16 nitrogen and oxygen atoms in total. The van der Waals surface area contributed by atoms with E-state index in [1.807, 2.05) is 72.8 Å². The Bertz CT molecular complexity index is 2490. The first-order valence-electron chi connectivity index (χ1n) is 18.4. The number of H-pyrrole nitrogens is 1. The smallest absolute Gasteiger partial charge is 0.262 e. The molecule has 18 heteroatoms. The lowest BCUT2D eigenvalue weighted by atomic mass is 10.2. The van der Waals surface area contributed by atoms with Crippen molar-refractivity contribution in [1.29, 1.82) is 0 Å². The molecule has 7 rings (SSSR count). The van der Waals surface area contributed by atoms with Gasteiger partial charge < -0.3 is 23.4 Å². The first kappa shape index (κ1) is 43.1. The standard InChI is InChI=1S/C23H24N4O5S.C19H21N3O4S/c1-30-20-7-3-18(4-8-20)15-27(16-19-5-9-21(31-2)10-6-19)33(28,29)23-11-13-26(25-23)17-22-24-12-14-32-22;1-25-17-7-3-15(4-8-17)13-22(27(23,24)19-11-12-20-21-19)14-16-5-9-18(26-2)10-6-16/h3-14H,15-17H2,1-2H3;3-12H,13-14H2,1-2H3,(H,20,21). The number of oxazole rings is 1. The molecule has 0 spiro atoms. The molecule has 0 saturated carbocycles. The normalized spacial score (nSPS) is 11.6. The summed E-state index contributed by atoms with van der Waals surface area (Å²) in [5.41, 5.74) is 3.36. The molecule has 0 radical (unpaired) electrons. The third-order valence-electron chi connectivity index (χ3n) is 9.17. The van der Waals surface area contributed by atoms with E-state index in [0.717, 1.165) is 33.8 Å². The van der Waals surface area contributed by atoms with Crippen LogP contribution in [0.2, 0.25) is 0 Å². The van der Waals surface area contributed by atoms with Gasteiger partial charge in [0.2, 0.25) is 5.89 Å². The maximum absolute atomic E-state index is 13.6. The number of nitrogens with zero attached hydrogens (tertiary/aromatic N) is 6. The Balaban J connectivity index is 0.000000205. The molecule has 0 saturated heterocycles. The third kappa shape index (κ3) is 11.2. The van der Waals surface area contributed by atoms with E-state index in [1.165, 1.54) is 44.1 Å². The Hall–Kier alpha value is -6.47. The molecule has 60 heavy (non-hydrogen) atoms. The SMILES string of the molecule is COc1ccc(CN(Cc2ccc(OC)cc2)S(=O)(=O)c2ccn(Cc3ncco3)n2)cc1.COc1ccc(CN(Cc2ccc(OC)cc2)S(=O)(=O)c2ccn[nH]2)cc1. The van der Waals surface area contributed by atoms with Crippen molar-refractivity contribution in [1.82, 2.24) is 33.6 Å². The van der Waals surface area contributed by atoms with Gasteiger partial charge in [0.25, 0.3) is 20.0 Å². The van der Waals surface area contributed by atoms with E-state index >= 15 is 0 Å². The molecule has 7 aromatic rings. The number of hydrogen-bond donors (Lipinski definition) is 1. The van der Waals surface area contributed by atoms with Crippen LogP contribution in [-0.2, 0) is 52.8 Å². The van der Waals surface area contributed by atoms with Crippen LogP contribution in [0.3, 0.4) is 0 Å². The monoisotopic (exact) mass is 855 g/mol. The van der Waals surface area contributed by atoms with Gasteiger partial charge in [0, 0.05) is 32.4 Å². The van der Waals surface area contributed by atoms with Crippen molar-refractivity contribution in [2.75, 3.05) is 28.4 Å². The van der Waals surface area contributed by atoms with Gasteiger partial charge in [0.05, 0.1) is 40.8 Å². The second kappa shape index (κ2) is 20.0. The second-order valence-corrected chi connectivity index (χ2v) is 16.9. The van der Waals surface area contributed by atoms with Gasteiger partial charge in [-0.15, -0.1) is 0 Å². The zero-order valence-electron chi connectivity index (χ0n) is 33.4. The first-order valence-corrected chi connectivity index (χ1v) is 21.3. The third-order valence-corrected chi connectivity index (χ3v) is 12.6. The summed E-state index contributed by atoms with van der Waals surface area (Å²) >= 11 is 0. The van der Waals surface area contributed by atoms with Crippen LogP contribution < -0.4 is 18.9 Å². The fraction of sp³-hybridized carbons (Fsp3) is 0.214. The van der Waals surface area contributed by atoms with Gasteiger partial charge in [-0.1, -0.05) is 48.5 Å². The van der Waals surface area contributed by atoms with E-state index in [4.69, 9.17) is 23.4 Å². The predicted octanol–water partition coefficient (Wildman–Crippen LogP) is 6.15. The summed E-state index contributed by atoms with van der Waals surface area (Å²) in [7, 11) is -1.28. The molecular formula is C42H45N7O9S2. The number of ether oxygens (including phenoxy) is 4. The lowest BCUT2D eigenvalue weighted by molar-refractivity contribution is 0.394. The number of aromatic nitrogens is 5. The summed E-state index contributed by atoms with van der Waals surface area (Å²) < 4.78 is 83.5. The van der Waals surface area contributed by atoms with Gasteiger partial charge in [-0.2, -0.15) is 18.8 Å². The number of hydrogen-bond acceptors (Lipinski definition) is 12. The molecule has 0 aliphatic heterocycles. The molecule has 0 aliphatic carbocycles. The molecule has 4 aromatic carbocycles. The van der Waals surface area contributed by atoms with E-state index in [2.05, 4.69) is 20.3 Å². The number of benzene rings is 4. The number of rotatable bonds is 18. The zero-order chi connectivity index (χ0) is 42.5. The minimum atomic E-state index is -3.90. The molecule has 314 valence electrons. The Kier molecular flexibility index (Phi) is 14.4. The van der Waals surface area contributed by atoms with Gasteiger partial charge in [-0.05, 0) is 82.9 Å². The van der Waals surface area contributed by atoms with Crippen molar-refractivity contribution in [3.8, 4) is 23.0 Å². The summed E-state index contributed by atoms with van der Waals surface area (Å²) in [5.74, 6) is 3.28. The van der Waals surface area contributed by atoms with Crippen LogP contribution in [0.15, 0.2) is 149 Å². The summed E-state index contributed by atoms with van der Waals surface area (Å²) in [6.07, 6.45) is 6.01. The Morgan fingerprint density at radius 3 is 1.33 bits per heavy atom. The molecule has 0 atom stereocenters. The highest BCUT2D eigenvalue weighted by Crippen LogP contribution is 2.24. The molecule has 1 N–H and O–H groups in total. The summed E-state index contributed by atoms with van der Waals surface area (Å²) in [6.45, 7) is 1.02. The van der Waals surface area contributed by atoms with Crippen molar-refractivity contribution < 1.29 is 40.2 Å². The van der Waals surface area contributed by atoms with E-state index < -0.39 is 20.0 Å². The molecule has 0 unspecified atom stereocenters. The Morgan fingerprint density at radius 1 is 0.567 bits per heavy atom. The maximum Gasteiger partial charge on any atom is 0.262 e. The number of aromatic amines is 1. The molecule has 0 aliphatic rings. The summed E-state index contributed by atoms with van der Waals surface area (Å²) in [6, 6.07) is 32.2. The Labute approximate surface area is 349 Å². The lowest BCUT2D eigenvalue weighted by Gasteiger charge is -2.22. The maximum atomic E-state index is 13.6. The van der Waals surface area contributed by atoms with Crippen molar-refractivity contribution in [2.45, 2.75) is 42.8 Å². The lowest BCUT2D eigenvalue weighted by Crippen LogP contribution is -2.30. The van der Waals surface area contributed by atoms with Crippen LogP contribution in [-0.4, -0.2) is 78.8 Å². The van der Waals surface area contributed by atoms with Gasteiger partial charge >= 0.3 is 0 Å². The van der Waals surface area contributed by atoms with E-state index in [-0.39, 0.29) is 42.8 Å². The van der Waals surface area contributed by atoms with E-state index in [9.17, 15) is 16.8 Å². The molecule has 0 fully saturated rings. The fourth-order valence-corrected chi connectivity index (χ4v) is 8.55. The molecule has 3 heterocycles. The quantitative estimate of drug-likeness (QED) is 0.104. The van der Waals surface area contributed by atoms with E-state index in [0.29, 0.717) is 17.4 Å². The number of sulfonamides is 2. The highest BCUT2D eigenvalue weighted by atomic mass is 32.2. The van der Waals surface area contributed by atoms with Gasteiger partial charge in [0.1, 0.15) is 35.8 Å². The van der Waals surface area contributed by atoms with Crippen LogP contribution in [0.1, 0.15) is 28.1 Å². The van der Waals surface area contributed by atoms with Crippen molar-refractivity contribution in [2.24, 2.45) is 0 Å². The van der Waals surface area contributed by atoms with Crippen LogP contribution in [0.4, 0.5) is 0 Å². The fourth-order valence-electron chi connectivity index (χ4n) is 5.89. The van der Waals surface area contributed by atoms with Gasteiger partial charge in [0.15, 0.2) is 10.1 Å². The highest BCUT2D eigenvalue weighted by Gasteiger charge is 2.28. The van der Waals surface area contributed by atoms with Crippen LogP contribution in [0.25, 0.3) is 0 Å². The number of methoxy groups -OCH3 is 4.